The monoisotopic (exact) mass is 437 g/mol. The molecule has 18 heavy (non-hydrogen) atoms. The topological polar surface area (TPSA) is 54.9 Å². The molecule has 4 nitrogen and oxygen atoms in total. The van der Waals surface area contributed by atoms with Crippen molar-refractivity contribution < 1.29 is 4.79 Å². The Hall–Kier alpha value is -0.730. The number of carbonyl (C=O) groups is 1. The van der Waals surface area contributed by atoms with Gasteiger partial charge in [0, 0.05) is 8.04 Å². The molecule has 2 aromatic rings. The van der Waals surface area contributed by atoms with E-state index in [0.717, 1.165) is 8.04 Å². The molecule has 1 heterocycles. The lowest BCUT2D eigenvalue weighted by Crippen LogP contribution is -2.14. The van der Waals surface area contributed by atoms with E-state index in [-0.39, 0.29) is 11.1 Å². The minimum Gasteiger partial charge on any atom is -0.305 e. The van der Waals surface area contributed by atoms with Crippen LogP contribution in [0.5, 0.6) is 0 Å². The molecule has 0 aliphatic rings. The number of nitrogens with zero attached hydrogens (tertiary/aromatic N) is 2. The van der Waals surface area contributed by atoms with Gasteiger partial charge in [-0.25, -0.2) is 9.97 Å². The van der Waals surface area contributed by atoms with Crippen molar-refractivity contribution in [3.05, 3.63) is 49.4 Å². The standard InChI is InChI=1S/C11H6BrClIN3O/c12-6-1-2-8(14)7(3-6)11(18)17-10-5-15-9(13)4-16-10/h1-5H,(H,16,17,18). The Morgan fingerprint density at radius 3 is 2.78 bits per heavy atom. The van der Waals surface area contributed by atoms with Gasteiger partial charge in [0.05, 0.1) is 18.0 Å². The van der Waals surface area contributed by atoms with E-state index in [0.29, 0.717) is 11.4 Å². The predicted molar refractivity (Wildman–Crippen MR) is 81.9 cm³/mol. The van der Waals surface area contributed by atoms with Gasteiger partial charge in [0.2, 0.25) is 0 Å². The van der Waals surface area contributed by atoms with Crippen LogP contribution in [0.15, 0.2) is 35.1 Å². The molecule has 1 N–H and O–H groups in total. The Morgan fingerprint density at radius 1 is 1.33 bits per heavy atom. The van der Waals surface area contributed by atoms with Gasteiger partial charge in [0.25, 0.3) is 5.91 Å². The molecule has 7 heteroatoms. The van der Waals surface area contributed by atoms with E-state index >= 15 is 0 Å². The number of benzene rings is 1. The lowest BCUT2D eigenvalue weighted by molar-refractivity contribution is 0.102. The lowest BCUT2D eigenvalue weighted by Gasteiger charge is -2.06. The summed E-state index contributed by atoms with van der Waals surface area (Å²) >= 11 is 11.0. The van der Waals surface area contributed by atoms with Gasteiger partial charge in [-0.3, -0.25) is 4.79 Å². The minimum atomic E-state index is -0.239. The first-order valence-electron chi connectivity index (χ1n) is 4.80. The van der Waals surface area contributed by atoms with Crippen molar-refractivity contribution in [3.63, 3.8) is 0 Å². The maximum atomic E-state index is 12.0. The smallest absolute Gasteiger partial charge is 0.257 e. The van der Waals surface area contributed by atoms with Crippen molar-refractivity contribution in [1.29, 1.82) is 0 Å². The summed E-state index contributed by atoms with van der Waals surface area (Å²) in [6, 6.07) is 5.48. The maximum absolute atomic E-state index is 12.0. The van der Waals surface area contributed by atoms with Crippen LogP contribution in [0.1, 0.15) is 10.4 Å². The molecule has 1 aromatic carbocycles. The number of nitrogens with one attached hydrogen (secondary N) is 1. The average molecular weight is 438 g/mol. The zero-order valence-electron chi connectivity index (χ0n) is 8.82. The van der Waals surface area contributed by atoms with Crippen molar-refractivity contribution >= 4 is 61.8 Å². The molecule has 0 spiro atoms. The van der Waals surface area contributed by atoms with Crippen molar-refractivity contribution in [2.45, 2.75) is 0 Å². The molecular formula is C11H6BrClIN3O. The Kier molecular flexibility index (Phi) is 4.52. The highest BCUT2D eigenvalue weighted by Crippen LogP contribution is 2.19. The fourth-order valence-corrected chi connectivity index (χ4v) is 2.27. The molecule has 0 fully saturated rings. The van der Waals surface area contributed by atoms with Gasteiger partial charge < -0.3 is 5.32 Å². The molecule has 0 saturated heterocycles. The number of rotatable bonds is 2. The average Bonchev–Trinajstić information content (AvgIpc) is 2.35. The second-order valence-corrected chi connectivity index (χ2v) is 5.77. The number of hydrogen-bond acceptors (Lipinski definition) is 3. The highest BCUT2D eigenvalue weighted by Gasteiger charge is 2.11. The highest BCUT2D eigenvalue weighted by atomic mass is 127. The number of halogens is 3. The minimum absolute atomic E-state index is 0.239. The third kappa shape index (κ3) is 3.39. The summed E-state index contributed by atoms with van der Waals surface area (Å²) in [5, 5.41) is 2.94. The van der Waals surface area contributed by atoms with Crippen LogP contribution < -0.4 is 5.32 Å². The van der Waals surface area contributed by atoms with E-state index in [4.69, 9.17) is 11.6 Å². The second kappa shape index (κ2) is 5.94. The largest absolute Gasteiger partial charge is 0.305 e. The highest BCUT2D eigenvalue weighted by molar-refractivity contribution is 14.1. The first kappa shape index (κ1) is 13.7. The summed E-state index contributed by atoms with van der Waals surface area (Å²) in [5.41, 5.74) is 0.571. The van der Waals surface area contributed by atoms with Gasteiger partial charge in [-0.15, -0.1) is 0 Å². The van der Waals surface area contributed by atoms with Crippen LogP contribution in [0.25, 0.3) is 0 Å². The van der Waals surface area contributed by atoms with Crippen LogP contribution in [0.2, 0.25) is 5.15 Å². The number of carbonyl (C=O) groups excluding carboxylic acids is 1. The van der Waals surface area contributed by atoms with E-state index in [1.165, 1.54) is 12.4 Å². The predicted octanol–water partition coefficient (Wildman–Crippen LogP) is 3.75. The molecule has 0 unspecified atom stereocenters. The van der Waals surface area contributed by atoms with Gasteiger partial charge >= 0.3 is 0 Å². The maximum Gasteiger partial charge on any atom is 0.257 e. The van der Waals surface area contributed by atoms with Gasteiger partial charge in [-0.1, -0.05) is 27.5 Å². The molecule has 1 aromatic heterocycles. The number of hydrogen-bond donors (Lipinski definition) is 1. The molecule has 0 bridgehead atoms. The summed E-state index contributed by atoms with van der Waals surface area (Å²) < 4.78 is 1.70. The molecule has 0 aliphatic heterocycles. The number of anilines is 1. The molecule has 1 amide bonds. The lowest BCUT2D eigenvalue weighted by atomic mass is 10.2. The molecule has 0 aliphatic carbocycles. The van der Waals surface area contributed by atoms with Gasteiger partial charge in [0.1, 0.15) is 5.15 Å². The van der Waals surface area contributed by atoms with E-state index < -0.39 is 0 Å². The van der Waals surface area contributed by atoms with Crippen LogP contribution in [-0.4, -0.2) is 15.9 Å². The zero-order chi connectivity index (χ0) is 13.1. The van der Waals surface area contributed by atoms with Crippen molar-refractivity contribution in [2.24, 2.45) is 0 Å². The van der Waals surface area contributed by atoms with Gasteiger partial charge in [-0.2, -0.15) is 0 Å². The third-order valence-electron chi connectivity index (χ3n) is 2.03. The molecule has 0 atom stereocenters. The first-order valence-corrected chi connectivity index (χ1v) is 7.05. The van der Waals surface area contributed by atoms with Crippen molar-refractivity contribution in [1.82, 2.24) is 9.97 Å². The Labute approximate surface area is 130 Å². The van der Waals surface area contributed by atoms with Crippen LogP contribution in [0, 0.1) is 3.57 Å². The van der Waals surface area contributed by atoms with E-state index in [2.05, 4.69) is 53.8 Å². The van der Waals surface area contributed by atoms with Crippen LogP contribution >= 0.6 is 50.1 Å². The Bertz CT molecular complexity index is 591. The normalized spacial score (nSPS) is 10.2. The summed E-state index contributed by atoms with van der Waals surface area (Å²) in [5.74, 6) is 0.123. The first-order chi connectivity index (χ1) is 8.56. The fraction of sp³-hybridized carbons (Fsp3) is 0. The van der Waals surface area contributed by atoms with E-state index in [1.54, 1.807) is 6.07 Å². The second-order valence-electron chi connectivity index (χ2n) is 3.30. The zero-order valence-corrected chi connectivity index (χ0v) is 13.3. The van der Waals surface area contributed by atoms with Crippen molar-refractivity contribution in [2.75, 3.05) is 5.32 Å². The quantitative estimate of drug-likeness (QED) is 0.727. The molecule has 92 valence electrons. The fourth-order valence-electron chi connectivity index (χ4n) is 1.23. The Balaban J connectivity index is 2.21. The Morgan fingerprint density at radius 2 is 2.11 bits per heavy atom. The summed E-state index contributed by atoms with van der Waals surface area (Å²) in [7, 11) is 0. The van der Waals surface area contributed by atoms with Gasteiger partial charge in [-0.05, 0) is 40.8 Å². The molecule has 0 saturated carbocycles. The van der Waals surface area contributed by atoms with Crippen LogP contribution in [0.3, 0.4) is 0 Å². The molecular weight excluding hydrogens is 432 g/mol. The van der Waals surface area contributed by atoms with Crippen LogP contribution in [-0.2, 0) is 0 Å². The SMILES string of the molecule is O=C(Nc1cnc(Cl)cn1)c1cc(Br)ccc1I. The van der Waals surface area contributed by atoms with Gasteiger partial charge in [0.15, 0.2) is 5.82 Å². The summed E-state index contributed by atoms with van der Waals surface area (Å²) in [6.07, 6.45) is 2.79. The van der Waals surface area contributed by atoms with Crippen LogP contribution in [0.4, 0.5) is 5.82 Å². The molecule has 0 radical (unpaired) electrons. The van der Waals surface area contributed by atoms with E-state index in [1.807, 2.05) is 12.1 Å². The molecule has 2 rings (SSSR count). The van der Waals surface area contributed by atoms with Crippen molar-refractivity contribution in [3.8, 4) is 0 Å². The van der Waals surface area contributed by atoms with E-state index in [9.17, 15) is 4.79 Å². The summed E-state index contributed by atoms with van der Waals surface area (Å²) in [6.45, 7) is 0. The third-order valence-corrected chi connectivity index (χ3v) is 3.66. The number of aromatic nitrogens is 2. The number of amides is 1. The summed E-state index contributed by atoms with van der Waals surface area (Å²) in [4.78, 5) is 19.8.